The van der Waals surface area contributed by atoms with E-state index in [1.165, 1.54) is 12.1 Å². The predicted octanol–water partition coefficient (Wildman–Crippen LogP) is 1.26. The summed E-state index contributed by atoms with van der Waals surface area (Å²) in [6.45, 7) is 0. The summed E-state index contributed by atoms with van der Waals surface area (Å²) in [5, 5.41) is 6.17. The number of nitrogens with one attached hydrogen (secondary N) is 1. The van der Waals surface area contributed by atoms with Gasteiger partial charge in [0.15, 0.2) is 0 Å². The van der Waals surface area contributed by atoms with Gasteiger partial charge in [0.05, 0.1) is 0 Å². The molecule has 6 heteroatoms. The molecule has 0 aliphatic carbocycles. The van der Waals surface area contributed by atoms with Gasteiger partial charge in [0.1, 0.15) is 17.5 Å². The number of nitrogens with zero attached hydrogens (tertiary/aromatic N) is 2. The second-order valence-electron chi connectivity index (χ2n) is 3.09. The van der Waals surface area contributed by atoms with Gasteiger partial charge < -0.3 is 5.73 Å². The van der Waals surface area contributed by atoms with Crippen LogP contribution in [0, 0.1) is 11.6 Å². The molecular formula is C9H8F2N4. The first kappa shape index (κ1) is 9.57. The van der Waals surface area contributed by atoms with E-state index >= 15 is 0 Å². The number of hydrogen-bond acceptors (Lipinski definition) is 3. The van der Waals surface area contributed by atoms with Crippen molar-refractivity contribution in [2.45, 2.75) is 6.42 Å². The summed E-state index contributed by atoms with van der Waals surface area (Å²) in [4.78, 5) is 3.83. The zero-order valence-electron chi connectivity index (χ0n) is 7.67. The van der Waals surface area contributed by atoms with Gasteiger partial charge in [0.25, 0.3) is 0 Å². The Morgan fingerprint density at radius 2 is 1.87 bits per heavy atom. The number of aromatic amines is 1. The summed E-state index contributed by atoms with van der Waals surface area (Å²) in [6.07, 6.45) is 0.263. The Labute approximate surface area is 84.1 Å². The van der Waals surface area contributed by atoms with Crippen molar-refractivity contribution in [3.63, 3.8) is 0 Å². The number of halogens is 2. The minimum absolute atomic E-state index is 0.113. The Kier molecular flexibility index (Phi) is 2.32. The van der Waals surface area contributed by atoms with Crippen LogP contribution in [-0.4, -0.2) is 15.2 Å². The zero-order valence-corrected chi connectivity index (χ0v) is 7.67. The molecule has 0 radical (unpaired) electrons. The molecule has 15 heavy (non-hydrogen) atoms. The molecule has 0 saturated carbocycles. The molecule has 3 N–H and O–H groups in total. The fourth-order valence-electron chi connectivity index (χ4n) is 1.30. The van der Waals surface area contributed by atoms with Crippen molar-refractivity contribution in [3.8, 4) is 0 Å². The van der Waals surface area contributed by atoms with E-state index in [0.29, 0.717) is 11.4 Å². The molecule has 1 aromatic carbocycles. The highest BCUT2D eigenvalue weighted by atomic mass is 19.1. The first-order valence-electron chi connectivity index (χ1n) is 4.25. The molecule has 2 rings (SSSR count). The molecule has 1 aromatic heterocycles. The molecule has 0 unspecified atom stereocenters. The van der Waals surface area contributed by atoms with Crippen LogP contribution in [0.1, 0.15) is 11.4 Å². The highest BCUT2D eigenvalue weighted by Crippen LogP contribution is 2.11. The van der Waals surface area contributed by atoms with Gasteiger partial charge in [-0.1, -0.05) is 0 Å². The van der Waals surface area contributed by atoms with E-state index in [0.717, 1.165) is 6.07 Å². The van der Waals surface area contributed by atoms with Crippen LogP contribution in [0.15, 0.2) is 18.2 Å². The molecule has 2 aromatic rings. The monoisotopic (exact) mass is 210 g/mol. The summed E-state index contributed by atoms with van der Waals surface area (Å²) in [5.41, 5.74) is 5.77. The van der Waals surface area contributed by atoms with E-state index < -0.39 is 11.6 Å². The maximum absolute atomic E-state index is 12.8. The van der Waals surface area contributed by atoms with Gasteiger partial charge in [-0.25, -0.2) is 8.78 Å². The van der Waals surface area contributed by atoms with E-state index in [-0.39, 0.29) is 12.4 Å². The molecule has 1 heterocycles. The smallest absolute Gasteiger partial charge is 0.239 e. The van der Waals surface area contributed by atoms with E-state index in [1.54, 1.807) is 0 Å². The number of hydrogen-bond donors (Lipinski definition) is 2. The molecule has 0 fully saturated rings. The Morgan fingerprint density at radius 1 is 1.20 bits per heavy atom. The van der Waals surface area contributed by atoms with Crippen LogP contribution in [0.25, 0.3) is 0 Å². The van der Waals surface area contributed by atoms with Crippen LogP contribution in [0.5, 0.6) is 0 Å². The lowest BCUT2D eigenvalue weighted by atomic mass is 10.1. The summed E-state index contributed by atoms with van der Waals surface area (Å²) in [7, 11) is 0. The van der Waals surface area contributed by atoms with Gasteiger partial charge in [-0.2, -0.15) is 4.98 Å². The van der Waals surface area contributed by atoms with Crippen LogP contribution >= 0.6 is 0 Å². The Balaban J connectivity index is 2.24. The molecule has 78 valence electrons. The number of H-pyrrole nitrogens is 1. The molecular weight excluding hydrogens is 202 g/mol. The normalized spacial score (nSPS) is 10.5. The number of nitrogen functional groups attached to an aromatic ring is 1. The first-order valence-corrected chi connectivity index (χ1v) is 4.25. The molecule has 0 atom stereocenters. The highest BCUT2D eigenvalue weighted by Gasteiger charge is 2.04. The lowest BCUT2D eigenvalue weighted by molar-refractivity contribution is 0.580. The van der Waals surface area contributed by atoms with Gasteiger partial charge in [-0.05, 0) is 17.7 Å². The Bertz CT molecular complexity index is 460. The first-order chi connectivity index (χ1) is 7.13. The van der Waals surface area contributed by atoms with Crippen molar-refractivity contribution in [1.82, 2.24) is 15.2 Å². The van der Waals surface area contributed by atoms with Crippen molar-refractivity contribution < 1.29 is 8.78 Å². The quantitative estimate of drug-likeness (QED) is 0.783. The molecule has 0 aliphatic heterocycles. The number of anilines is 1. The van der Waals surface area contributed by atoms with Gasteiger partial charge in [-0.3, -0.25) is 5.10 Å². The third kappa shape index (κ3) is 2.28. The van der Waals surface area contributed by atoms with Crippen LogP contribution in [0.3, 0.4) is 0 Å². The predicted molar refractivity (Wildman–Crippen MR) is 50.0 cm³/mol. The molecule has 0 aliphatic rings. The Hall–Kier alpha value is -1.98. The lowest BCUT2D eigenvalue weighted by Gasteiger charge is -1.98. The maximum Gasteiger partial charge on any atom is 0.239 e. The fraction of sp³-hybridized carbons (Fsp3) is 0.111. The third-order valence-electron chi connectivity index (χ3n) is 1.84. The zero-order chi connectivity index (χ0) is 10.8. The van der Waals surface area contributed by atoms with Gasteiger partial charge in [-0.15, -0.1) is 5.10 Å². The van der Waals surface area contributed by atoms with E-state index in [1.807, 2.05) is 0 Å². The fourth-order valence-corrected chi connectivity index (χ4v) is 1.30. The van der Waals surface area contributed by atoms with E-state index in [4.69, 9.17) is 5.73 Å². The SMILES string of the molecule is Nc1n[nH]c(Cc2cc(F)cc(F)c2)n1. The summed E-state index contributed by atoms with van der Waals surface area (Å²) < 4.78 is 25.7. The molecule has 0 saturated heterocycles. The highest BCUT2D eigenvalue weighted by molar-refractivity contribution is 5.23. The average molecular weight is 210 g/mol. The van der Waals surface area contributed by atoms with Crippen molar-refractivity contribution in [2.24, 2.45) is 0 Å². The molecule has 0 bridgehead atoms. The second-order valence-corrected chi connectivity index (χ2v) is 3.09. The van der Waals surface area contributed by atoms with Crippen LogP contribution in [-0.2, 0) is 6.42 Å². The summed E-state index contributed by atoms with van der Waals surface area (Å²) in [6, 6.07) is 3.29. The van der Waals surface area contributed by atoms with Crippen molar-refractivity contribution in [1.29, 1.82) is 0 Å². The standard InChI is InChI=1S/C9H8F2N4/c10-6-1-5(2-7(11)4-6)3-8-13-9(12)15-14-8/h1-2,4H,3H2,(H3,12,13,14,15). The maximum atomic E-state index is 12.8. The number of aromatic nitrogens is 3. The van der Waals surface area contributed by atoms with Gasteiger partial charge >= 0.3 is 0 Å². The third-order valence-corrected chi connectivity index (χ3v) is 1.84. The summed E-state index contributed by atoms with van der Waals surface area (Å²) in [5.74, 6) is -0.644. The van der Waals surface area contributed by atoms with E-state index in [9.17, 15) is 8.78 Å². The van der Waals surface area contributed by atoms with Gasteiger partial charge in [0.2, 0.25) is 5.95 Å². The number of nitrogens with two attached hydrogens (primary N) is 1. The minimum Gasteiger partial charge on any atom is -0.367 e. The van der Waals surface area contributed by atoms with Crippen molar-refractivity contribution >= 4 is 5.95 Å². The number of benzene rings is 1. The topological polar surface area (TPSA) is 67.6 Å². The molecule has 4 nitrogen and oxygen atoms in total. The largest absolute Gasteiger partial charge is 0.367 e. The molecule has 0 amide bonds. The minimum atomic E-state index is -0.613. The van der Waals surface area contributed by atoms with Crippen molar-refractivity contribution in [3.05, 3.63) is 41.2 Å². The lowest BCUT2D eigenvalue weighted by Crippen LogP contribution is -1.93. The average Bonchev–Trinajstić information content (AvgIpc) is 2.49. The van der Waals surface area contributed by atoms with Crippen LogP contribution in [0.4, 0.5) is 14.7 Å². The van der Waals surface area contributed by atoms with E-state index in [2.05, 4.69) is 15.2 Å². The number of rotatable bonds is 2. The second kappa shape index (κ2) is 3.64. The summed E-state index contributed by atoms with van der Waals surface area (Å²) >= 11 is 0. The van der Waals surface area contributed by atoms with Gasteiger partial charge in [0, 0.05) is 12.5 Å². The molecule has 0 spiro atoms. The van der Waals surface area contributed by atoms with Crippen LogP contribution in [0.2, 0.25) is 0 Å². The van der Waals surface area contributed by atoms with Crippen molar-refractivity contribution in [2.75, 3.05) is 5.73 Å². The van der Waals surface area contributed by atoms with Crippen LogP contribution < -0.4 is 5.73 Å². The Morgan fingerprint density at radius 3 is 2.40 bits per heavy atom.